The number of imide groups is 2. The molecule has 1 atom stereocenters. The molecule has 0 aliphatic carbocycles. The van der Waals surface area contributed by atoms with Gasteiger partial charge in [0, 0.05) is 62.7 Å². The second kappa shape index (κ2) is 18.6. The van der Waals surface area contributed by atoms with Crippen molar-refractivity contribution in [2.24, 2.45) is 7.05 Å². The first-order valence-corrected chi connectivity index (χ1v) is 18.2. The number of ether oxygens (including phenoxy) is 3. The third-order valence-electron chi connectivity index (χ3n) is 9.79. The zero-order valence-corrected chi connectivity index (χ0v) is 32.5. The van der Waals surface area contributed by atoms with Crippen LogP contribution in [0.25, 0.3) is 11.1 Å². The summed E-state index contributed by atoms with van der Waals surface area (Å²) in [5.41, 5.74) is 4.95. The topological polar surface area (TPSA) is 218 Å². The van der Waals surface area contributed by atoms with E-state index in [0.717, 1.165) is 27.2 Å². The van der Waals surface area contributed by atoms with E-state index in [1.165, 1.54) is 6.07 Å². The molecule has 304 valence electrons. The number of hydrogen-bond donors (Lipinski definition) is 4. The molecule has 0 spiro atoms. The Hall–Kier alpha value is -6.27. The van der Waals surface area contributed by atoms with Crippen LogP contribution < -0.4 is 31.0 Å². The van der Waals surface area contributed by atoms with Gasteiger partial charge in [-0.3, -0.25) is 39.0 Å². The van der Waals surface area contributed by atoms with Gasteiger partial charge in [-0.25, -0.2) is 4.79 Å². The largest absolute Gasteiger partial charge is 0.496 e. The summed E-state index contributed by atoms with van der Waals surface area (Å²) in [6.07, 6.45) is 2.46. The quantitative estimate of drug-likeness (QED) is 0.110. The molecule has 18 nitrogen and oxygen atoms in total. The van der Waals surface area contributed by atoms with Crippen LogP contribution in [0.1, 0.15) is 50.2 Å². The number of pyridine rings is 1. The maximum atomic E-state index is 13.3. The predicted molar refractivity (Wildman–Crippen MR) is 206 cm³/mol. The van der Waals surface area contributed by atoms with Crippen LogP contribution >= 0.6 is 0 Å². The number of carboxylic acid groups (broad SMARTS) is 1. The number of hydrogen-bond acceptors (Lipinski definition) is 12. The molecule has 2 aromatic carbocycles. The van der Waals surface area contributed by atoms with Gasteiger partial charge in [0.25, 0.3) is 23.8 Å². The van der Waals surface area contributed by atoms with Crippen molar-refractivity contribution in [1.82, 2.24) is 29.9 Å². The molecule has 0 radical (unpaired) electrons. The Morgan fingerprint density at radius 3 is 2.26 bits per heavy atom. The molecule has 3 aliphatic rings. The monoisotopic (exact) mass is 789 g/mol. The molecular formula is C39H47N7O11. The van der Waals surface area contributed by atoms with E-state index in [4.69, 9.17) is 24.1 Å². The standard InChI is InChI=1S/C38H45N7O9.CH2O2/c1-42(2)19-29-31(52-4)16-22(17-32(29)53-5)27-20-43(3)35(48)28-21-44(13-10-24(27)28)38(51)40-12-15-54-14-11-39-23-6-7-25-26(18-23)37(50)45(36(25)49)30-8-9-33(46)41-34(30)47;2-1-3/h6-7,16-18,20,30,39H,8-15,19,21H2,1-5H3,(H,40,51)(H,41,46,47);1H,(H,2,3). The molecule has 4 heterocycles. The molecule has 57 heavy (non-hydrogen) atoms. The summed E-state index contributed by atoms with van der Waals surface area (Å²) < 4.78 is 18.7. The molecule has 1 saturated heterocycles. The van der Waals surface area contributed by atoms with Crippen molar-refractivity contribution in [2.75, 3.05) is 66.5 Å². The van der Waals surface area contributed by atoms with Crippen LogP contribution in [0.5, 0.6) is 11.5 Å². The van der Waals surface area contributed by atoms with Crippen molar-refractivity contribution in [2.45, 2.75) is 38.4 Å². The maximum Gasteiger partial charge on any atom is 0.317 e. The van der Waals surface area contributed by atoms with Crippen LogP contribution in [0.15, 0.2) is 41.3 Å². The highest BCUT2D eigenvalue weighted by Crippen LogP contribution is 2.38. The first-order chi connectivity index (χ1) is 27.3. The Bertz CT molecular complexity index is 2090. The van der Waals surface area contributed by atoms with Gasteiger partial charge < -0.3 is 44.3 Å². The SMILES string of the molecule is COc1cc(-c2cn(C)c(=O)c3c2CCN(C(=O)NCCOCCNc2ccc4c(c2)C(=O)N(C2CCC(=O)NC2=O)C4=O)C3)cc(OC)c1CN(C)C.O=CO. The van der Waals surface area contributed by atoms with Crippen molar-refractivity contribution in [3.8, 4) is 22.6 Å². The third kappa shape index (κ3) is 9.24. The minimum absolute atomic E-state index is 0.0516. The lowest BCUT2D eigenvalue weighted by molar-refractivity contribution is -0.136. The van der Waals surface area contributed by atoms with E-state index in [-0.39, 0.29) is 61.7 Å². The van der Waals surface area contributed by atoms with E-state index in [1.54, 1.807) is 42.9 Å². The Labute approximate surface area is 328 Å². The first kappa shape index (κ1) is 41.9. The van der Waals surface area contributed by atoms with Crippen molar-refractivity contribution in [1.29, 1.82) is 0 Å². The van der Waals surface area contributed by atoms with Crippen LogP contribution in [0, 0.1) is 0 Å². The Balaban J connectivity index is 0.00000200. The number of nitrogens with zero attached hydrogens (tertiary/aromatic N) is 4. The molecule has 0 saturated carbocycles. The van der Waals surface area contributed by atoms with Gasteiger partial charge in [0.2, 0.25) is 11.8 Å². The average Bonchev–Trinajstić information content (AvgIpc) is 3.43. The van der Waals surface area contributed by atoms with Crippen LogP contribution in [0.2, 0.25) is 0 Å². The van der Waals surface area contributed by atoms with Gasteiger partial charge in [0.1, 0.15) is 17.5 Å². The zero-order valence-electron chi connectivity index (χ0n) is 32.5. The Kier molecular flexibility index (Phi) is 13.7. The van der Waals surface area contributed by atoms with E-state index in [1.807, 2.05) is 37.3 Å². The second-order valence-corrected chi connectivity index (χ2v) is 13.8. The van der Waals surface area contributed by atoms with E-state index < -0.39 is 29.7 Å². The lowest BCUT2D eigenvalue weighted by Crippen LogP contribution is -2.54. The van der Waals surface area contributed by atoms with Crippen LogP contribution in [0.3, 0.4) is 0 Å². The lowest BCUT2D eigenvalue weighted by Gasteiger charge is -2.30. The van der Waals surface area contributed by atoms with Gasteiger partial charge in [-0.15, -0.1) is 0 Å². The number of methoxy groups -OCH3 is 2. The van der Waals surface area contributed by atoms with Crippen molar-refractivity contribution >= 4 is 41.8 Å². The highest BCUT2D eigenvalue weighted by Gasteiger charge is 2.44. The number of rotatable bonds is 13. The predicted octanol–water partition coefficient (Wildman–Crippen LogP) is 1.43. The number of carbonyl (C=O) groups excluding carboxylic acids is 5. The smallest absolute Gasteiger partial charge is 0.317 e. The van der Waals surface area contributed by atoms with Crippen LogP contribution in [0.4, 0.5) is 10.5 Å². The summed E-state index contributed by atoms with van der Waals surface area (Å²) in [4.78, 5) is 89.2. The van der Waals surface area contributed by atoms with Crippen LogP contribution in [-0.2, 0) is 45.7 Å². The van der Waals surface area contributed by atoms with Gasteiger partial charge in [0.15, 0.2) is 0 Å². The van der Waals surface area contributed by atoms with Gasteiger partial charge in [0.05, 0.1) is 50.7 Å². The van der Waals surface area contributed by atoms with Crippen molar-refractivity contribution < 1.29 is 48.1 Å². The zero-order chi connectivity index (χ0) is 41.4. The minimum atomic E-state index is -1.02. The first-order valence-electron chi connectivity index (χ1n) is 18.2. The lowest BCUT2D eigenvalue weighted by atomic mass is 9.91. The molecular weight excluding hydrogens is 742 g/mol. The summed E-state index contributed by atoms with van der Waals surface area (Å²) in [6, 6.07) is 7.37. The molecule has 1 fully saturated rings. The Morgan fingerprint density at radius 2 is 1.61 bits per heavy atom. The number of fused-ring (bicyclic) bond motifs is 2. The number of aromatic nitrogens is 1. The molecule has 1 aromatic heterocycles. The number of benzene rings is 2. The van der Waals surface area contributed by atoms with Gasteiger partial charge in [-0.2, -0.15) is 0 Å². The van der Waals surface area contributed by atoms with Gasteiger partial charge in [-0.1, -0.05) is 0 Å². The fraction of sp³-hybridized carbons (Fsp3) is 0.410. The van der Waals surface area contributed by atoms with E-state index >= 15 is 0 Å². The van der Waals surface area contributed by atoms with Gasteiger partial charge >= 0.3 is 6.03 Å². The molecule has 4 N–H and O–H groups in total. The fourth-order valence-corrected chi connectivity index (χ4v) is 7.13. The summed E-state index contributed by atoms with van der Waals surface area (Å²) in [5, 5.41) is 15.1. The molecule has 6 amide bonds. The third-order valence-corrected chi connectivity index (χ3v) is 9.79. The number of aryl methyl sites for hydroxylation is 1. The number of urea groups is 1. The number of carbonyl (C=O) groups is 6. The summed E-state index contributed by atoms with van der Waals surface area (Å²) >= 11 is 0. The maximum absolute atomic E-state index is 13.3. The van der Waals surface area contributed by atoms with Gasteiger partial charge in [-0.05, 0) is 68.4 Å². The minimum Gasteiger partial charge on any atom is -0.496 e. The summed E-state index contributed by atoms with van der Waals surface area (Å²) in [5.74, 6) is -0.853. The van der Waals surface area contributed by atoms with Crippen LogP contribution in [-0.4, -0.2) is 128 Å². The number of amides is 6. The van der Waals surface area contributed by atoms with E-state index in [2.05, 4.69) is 16.0 Å². The normalized spacial score (nSPS) is 16.0. The summed E-state index contributed by atoms with van der Waals surface area (Å²) in [6.45, 7) is 2.15. The molecule has 18 heteroatoms. The van der Waals surface area contributed by atoms with E-state index in [9.17, 15) is 28.8 Å². The fourth-order valence-electron chi connectivity index (χ4n) is 7.13. The molecule has 6 rings (SSSR count). The number of piperidine rings is 1. The highest BCUT2D eigenvalue weighted by atomic mass is 16.5. The molecule has 1 unspecified atom stereocenters. The van der Waals surface area contributed by atoms with E-state index in [0.29, 0.717) is 55.4 Å². The second-order valence-electron chi connectivity index (χ2n) is 13.8. The highest BCUT2D eigenvalue weighted by molar-refractivity contribution is 6.23. The molecule has 3 aromatic rings. The number of nitrogens with one attached hydrogen (secondary N) is 3. The molecule has 0 bridgehead atoms. The van der Waals surface area contributed by atoms with Crippen molar-refractivity contribution in [3.05, 3.63) is 74.7 Å². The Morgan fingerprint density at radius 1 is 0.947 bits per heavy atom. The molecule has 3 aliphatic heterocycles. The summed E-state index contributed by atoms with van der Waals surface area (Å²) in [7, 11) is 8.90. The number of anilines is 1. The average molecular weight is 790 g/mol. The van der Waals surface area contributed by atoms with Crippen molar-refractivity contribution in [3.63, 3.8) is 0 Å².